The molecule has 0 spiro atoms. The van der Waals surface area contributed by atoms with Gasteiger partial charge in [0.15, 0.2) is 0 Å². The van der Waals surface area contributed by atoms with Crippen LogP contribution in [0.4, 0.5) is 0 Å². The van der Waals surface area contributed by atoms with Crippen LogP contribution in [0.1, 0.15) is 26.7 Å². The third kappa shape index (κ3) is 6.13. The van der Waals surface area contributed by atoms with Crippen LogP contribution in [0.25, 0.3) is 0 Å². The second kappa shape index (κ2) is 6.37. The summed E-state index contributed by atoms with van der Waals surface area (Å²) in [7, 11) is 0. The second-order valence-corrected chi connectivity index (χ2v) is 2.54. The first kappa shape index (κ1) is 9.25. The highest BCUT2D eigenvalue weighted by Gasteiger charge is 1.97. The van der Waals surface area contributed by atoms with E-state index in [1.165, 1.54) is 6.42 Å². The van der Waals surface area contributed by atoms with Gasteiger partial charge in [0.25, 0.3) is 0 Å². The van der Waals surface area contributed by atoms with Gasteiger partial charge in [-0.25, -0.2) is 0 Å². The lowest BCUT2D eigenvalue weighted by molar-refractivity contribution is 0.0712. The Morgan fingerprint density at radius 2 is 2.22 bits per heavy atom. The largest absolute Gasteiger partial charge is 0.377 e. The van der Waals surface area contributed by atoms with Gasteiger partial charge >= 0.3 is 0 Å². The molecule has 0 bridgehead atoms. The molecule has 1 unspecified atom stereocenters. The predicted molar refractivity (Wildman–Crippen MR) is 41.0 cm³/mol. The van der Waals surface area contributed by atoms with Gasteiger partial charge in [-0.15, -0.1) is 11.6 Å². The standard InChI is InChI=1S/C7H15ClO/c1-3-4-7(2)9-6-5-8/h7H,3-6H2,1-2H3. The van der Waals surface area contributed by atoms with E-state index in [-0.39, 0.29) is 0 Å². The predicted octanol–water partition coefficient (Wildman–Crippen LogP) is 2.43. The fourth-order valence-electron chi connectivity index (χ4n) is 0.736. The summed E-state index contributed by atoms with van der Waals surface area (Å²) >= 11 is 5.42. The second-order valence-electron chi connectivity index (χ2n) is 2.16. The van der Waals surface area contributed by atoms with Crippen molar-refractivity contribution in [3.8, 4) is 0 Å². The molecule has 1 nitrogen and oxygen atoms in total. The smallest absolute Gasteiger partial charge is 0.0605 e. The van der Waals surface area contributed by atoms with E-state index < -0.39 is 0 Å². The molecular formula is C7H15ClO. The molecule has 0 N–H and O–H groups in total. The van der Waals surface area contributed by atoms with Gasteiger partial charge in [-0.3, -0.25) is 0 Å². The van der Waals surface area contributed by atoms with Crippen LogP contribution in [0.2, 0.25) is 0 Å². The lowest BCUT2D eigenvalue weighted by Crippen LogP contribution is -2.08. The van der Waals surface area contributed by atoms with Crippen molar-refractivity contribution in [2.24, 2.45) is 0 Å². The van der Waals surface area contributed by atoms with Crippen molar-refractivity contribution in [1.82, 2.24) is 0 Å². The molecule has 0 aliphatic rings. The third-order valence-corrected chi connectivity index (χ3v) is 1.33. The highest BCUT2D eigenvalue weighted by Crippen LogP contribution is 1.99. The molecule has 2 heteroatoms. The molecule has 0 aromatic heterocycles. The first-order valence-corrected chi connectivity index (χ1v) is 4.02. The van der Waals surface area contributed by atoms with Gasteiger partial charge in [-0.1, -0.05) is 13.3 Å². The van der Waals surface area contributed by atoms with Crippen molar-refractivity contribution in [2.45, 2.75) is 32.8 Å². The van der Waals surface area contributed by atoms with Gasteiger partial charge in [0, 0.05) is 5.88 Å². The van der Waals surface area contributed by atoms with Gasteiger partial charge in [0.1, 0.15) is 0 Å². The molecule has 1 atom stereocenters. The minimum absolute atomic E-state index is 0.383. The molecule has 0 fully saturated rings. The summed E-state index contributed by atoms with van der Waals surface area (Å²) in [4.78, 5) is 0. The van der Waals surface area contributed by atoms with Crippen molar-refractivity contribution in [3.63, 3.8) is 0 Å². The zero-order valence-corrected chi connectivity index (χ0v) is 6.95. The molecule has 56 valence electrons. The first-order chi connectivity index (χ1) is 4.31. The Morgan fingerprint density at radius 3 is 2.67 bits per heavy atom. The van der Waals surface area contributed by atoms with Gasteiger partial charge < -0.3 is 4.74 Å². The molecule has 0 saturated carbocycles. The first-order valence-electron chi connectivity index (χ1n) is 3.48. The molecule has 0 heterocycles. The van der Waals surface area contributed by atoms with E-state index in [4.69, 9.17) is 16.3 Å². The number of rotatable bonds is 5. The molecule has 0 aliphatic heterocycles. The van der Waals surface area contributed by atoms with Crippen LogP contribution in [0, 0.1) is 0 Å². The molecule has 0 aliphatic carbocycles. The van der Waals surface area contributed by atoms with Crippen LogP contribution >= 0.6 is 11.6 Å². The van der Waals surface area contributed by atoms with E-state index >= 15 is 0 Å². The van der Waals surface area contributed by atoms with E-state index in [0.717, 1.165) is 6.42 Å². The lowest BCUT2D eigenvalue weighted by Gasteiger charge is -2.09. The Morgan fingerprint density at radius 1 is 1.56 bits per heavy atom. The average molecular weight is 151 g/mol. The van der Waals surface area contributed by atoms with Crippen LogP contribution in [0.5, 0.6) is 0 Å². The Bertz CT molecular complexity index is 56.9. The van der Waals surface area contributed by atoms with Crippen LogP contribution in [-0.2, 0) is 4.74 Å². The van der Waals surface area contributed by atoms with E-state index in [1.807, 2.05) is 0 Å². The summed E-state index contributed by atoms with van der Waals surface area (Å²) in [5.74, 6) is 0.605. The van der Waals surface area contributed by atoms with Gasteiger partial charge in [-0.2, -0.15) is 0 Å². The van der Waals surface area contributed by atoms with Crippen LogP contribution in [0.15, 0.2) is 0 Å². The van der Waals surface area contributed by atoms with E-state index in [9.17, 15) is 0 Å². The Hall–Kier alpha value is 0.250. The summed E-state index contributed by atoms with van der Waals surface area (Å²) in [5, 5.41) is 0. The normalized spacial score (nSPS) is 13.7. The summed E-state index contributed by atoms with van der Waals surface area (Å²) in [6.45, 7) is 4.92. The fourth-order valence-corrected chi connectivity index (χ4v) is 0.825. The van der Waals surface area contributed by atoms with Crippen LogP contribution < -0.4 is 0 Å². The molecule has 0 aromatic carbocycles. The Labute approximate surface area is 62.3 Å². The summed E-state index contributed by atoms with van der Waals surface area (Å²) < 4.78 is 5.30. The molecule has 9 heavy (non-hydrogen) atoms. The van der Waals surface area contributed by atoms with E-state index in [0.29, 0.717) is 18.6 Å². The van der Waals surface area contributed by atoms with Gasteiger partial charge in [0.2, 0.25) is 0 Å². The SMILES string of the molecule is CCCC(C)OCCCl. The Balaban J connectivity index is 2.95. The number of hydrogen-bond acceptors (Lipinski definition) is 1. The van der Waals surface area contributed by atoms with Crippen LogP contribution in [-0.4, -0.2) is 18.6 Å². The van der Waals surface area contributed by atoms with Crippen molar-refractivity contribution in [3.05, 3.63) is 0 Å². The topological polar surface area (TPSA) is 9.23 Å². The lowest BCUT2D eigenvalue weighted by atomic mass is 10.2. The van der Waals surface area contributed by atoms with Crippen molar-refractivity contribution in [1.29, 1.82) is 0 Å². The monoisotopic (exact) mass is 150 g/mol. The highest BCUT2D eigenvalue weighted by molar-refractivity contribution is 6.17. The summed E-state index contributed by atoms with van der Waals surface area (Å²) in [6, 6.07) is 0. The van der Waals surface area contributed by atoms with Gasteiger partial charge in [0.05, 0.1) is 12.7 Å². The van der Waals surface area contributed by atoms with Crippen molar-refractivity contribution in [2.75, 3.05) is 12.5 Å². The fraction of sp³-hybridized carbons (Fsp3) is 1.00. The average Bonchev–Trinajstić information content (AvgIpc) is 1.85. The summed E-state index contributed by atoms with van der Waals surface area (Å²) in [5.41, 5.74) is 0. The van der Waals surface area contributed by atoms with Gasteiger partial charge in [-0.05, 0) is 13.3 Å². The number of ether oxygens (including phenoxy) is 1. The quantitative estimate of drug-likeness (QED) is 0.547. The molecule has 0 amide bonds. The molecule has 0 aromatic rings. The zero-order chi connectivity index (χ0) is 7.11. The maximum absolute atomic E-state index is 5.42. The molecule has 0 saturated heterocycles. The van der Waals surface area contributed by atoms with Crippen LogP contribution in [0.3, 0.4) is 0 Å². The maximum Gasteiger partial charge on any atom is 0.0605 e. The van der Waals surface area contributed by atoms with E-state index in [2.05, 4.69) is 13.8 Å². The molecule has 0 rings (SSSR count). The molecule has 0 radical (unpaired) electrons. The number of halogens is 1. The molecular weight excluding hydrogens is 136 g/mol. The third-order valence-electron chi connectivity index (χ3n) is 1.17. The zero-order valence-electron chi connectivity index (χ0n) is 6.19. The highest BCUT2D eigenvalue weighted by atomic mass is 35.5. The number of hydrogen-bond donors (Lipinski definition) is 0. The number of alkyl halides is 1. The summed E-state index contributed by atoms with van der Waals surface area (Å²) in [6.07, 6.45) is 2.70. The van der Waals surface area contributed by atoms with Crippen molar-refractivity contribution >= 4 is 11.6 Å². The van der Waals surface area contributed by atoms with Crippen molar-refractivity contribution < 1.29 is 4.74 Å². The minimum Gasteiger partial charge on any atom is -0.377 e. The minimum atomic E-state index is 0.383. The maximum atomic E-state index is 5.42. The van der Waals surface area contributed by atoms with E-state index in [1.54, 1.807) is 0 Å². The Kier molecular flexibility index (Phi) is 6.55.